The first-order valence-corrected chi connectivity index (χ1v) is 4.16. The zero-order valence-corrected chi connectivity index (χ0v) is 7.76. The highest BCUT2D eigenvalue weighted by Gasteiger charge is 2.16. The van der Waals surface area contributed by atoms with E-state index < -0.39 is 17.3 Å². The zero-order chi connectivity index (χ0) is 11.9. The lowest BCUT2D eigenvalue weighted by molar-refractivity contribution is -0.669. The number of rotatable bonds is 1. The molecule has 0 saturated heterocycles. The average molecular weight is 225 g/mol. The van der Waals surface area contributed by atoms with Gasteiger partial charge in [-0.3, -0.25) is 4.79 Å². The van der Waals surface area contributed by atoms with E-state index in [1.54, 1.807) is 0 Å². The molecule has 8 nitrogen and oxygen atoms in total. The Hall–Kier alpha value is -2.64. The largest absolute Gasteiger partial charge is 0.596 e. The van der Waals surface area contributed by atoms with Crippen molar-refractivity contribution in [2.45, 2.75) is 0 Å². The van der Waals surface area contributed by atoms with Gasteiger partial charge in [-0.1, -0.05) is 4.85 Å². The molecule has 0 amide bonds. The normalized spacial score (nSPS) is 10.5. The third kappa shape index (κ3) is 1.32. The maximum absolute atomic E-state index is 11.3. The van der Waals surface area contributed by atoms with E-state index in [2.05, 4.69) is 4.98 Å². The molecule has 8 heteroatoms. The number of nitrogens with one attached hydrogen (secondary N) is 2. The molecule has 2 aromatic heterocycles. The van der Waals surface area contributed by atoms with Crippen LogP contribution in [0.3, 0.4) is 0 Å². The minimum absolute atomic E-state index is 0.0503. The Balaban J connectivity index is 2.85. The number of aliphatic hydroxyl groups excluding tert-OH is 2. The van der Waals surface area contributed by atoms with Gasteiger partial charge in [0.15, 0.2) is 0 Å². The van der Waals surface area contributed by atoms with Crippen molar-refractivity contribution in [2.24, 2.45) is 0 Å². The summed E-state index contributed by atoms with van der Waals surface area (Å²) in [6.45, 7) is 0. The van der Waals surface area contributed by atoms with Gasteiger partial charge in [0.2, 0.25) is 12.0 Å². The Morgan fingerprint density at radius 1 is 1.38 bits per heavy atom. The number of aromatic amines is 2. The van der Waals surface area contributed by atoms with E-state index in [1.165, 1.54) is 6.20 Å². The van der Waals surface area contributed by atoms with Gasteiger partial charge in [-0.15, -0.1) is 5.10 Å². The summed E-state index contributed by atoms with van der Waals surface area (Å²) in [6.07, 6.45) is 2.17. The van der Waals surface area contributed by atoms with E-state index in [4.69, 9.17) is 10.2 Å². The number of hydrogen-bond donors (Lipinski definition) is 5. The SMILES string of the molecule is O=c1[nH][n+]([O-])cc2c(C(O)=C(O)O)c[nH]c12. The first-order valence-electron chi connectivity index (χ1n) is 4.16. The lowest BCUT2D eigenvalue weighted by Crippen LogP contribution is -2.36. The molecule has 2 rings (SSSR count). The highest BCUT2D eigenvalue weighted by atomic mass is 16.5. The summed E-state index contributed by atoms with van der Waals surface area (Å²) >= 11 is 0. The van der Waals surface area contributed by atoms with Crippen LogP contribution in [0.1, 0.15) is 5.56 Å². The van der Waals surface area contributed by atoms with E-state index >= 15 is 0 Å². The maximum Gasteiger partial charge on any atom is 0.323 e. The molecule has 0 spiro atoms. The maximum atomic E-state index is 11.3. The van der Waals surface area contributed by atoms with Crippen molar-refractivity contribution in [3.8, 4) is 0 Å². The number of H-pyrrole nitrogens is 2. The fourth-order valence-corrected chi connectivity index (χ4v) is 1.38. The van der Waals surface area contributed by atoms with E-state index in [1.807, 2.05) is 5.10 Å². The first-order chi connectivity index (χ1) is 7.50. The van der Waals surface area contributed by atoms with Gasteiger partial charge in [0.25, 0.3) is 0 Å². The Bertz CT molecular complexity index is 635. The summed E-state index contributed by atoms with van der Waals surface area (Å²) in [7, 11) is 0. The second-order valence-electron chi connectivity index (χ2n) is 3.06. The Kier molecular flexibility index (Phi) is 1.97. The summed E-state index contributed by atoms with van der Waals surface area (Å²) < 4.78 is 0. The van der Waals surface area contributed by atoms with Crippen molar-refractivity contribution < 1.29 is 20.2 Å². The van der Waals surface area contributed by atoms with E-state index in [9.17, 15) is 15.1 Å². The van der Waals surface area contributed by atoms with Gasteiger partial charge in [-0.2, -0.15) is 0 Å². The van der Waals surface area contributed by atoms with Crippen molar-refractivity contribution in [1.29, 1.82) is 0 Å². The predicted molar refractivity (Wildman–Crippen MR) is 52.7 cm³/mol. The molecule has 2 heterocycles. The van der Waals surface area contributed by atoms with Crippen LogP contribution in [0.15, 0.2) is 23.1 Å². The molecule has 0 atom stereocenters. The quantitative estimate of drug-likeness (QED) is 0.260. The van der Waals surface area contributed by atoms with Crippen molar-refractivity contribution in [3.63, 3.8) is 0 Å². The fourth-order valence-electron chi connectivity index (χ4n) is 1.38. The predicted octanol–water partition coefficient (Wildman–Crippen LogP) is -0.210. The van der Waals surface area contributed by atoms with Crippen molar-refractivity contribution in [3.05, 3.63) is 39.5 Å². The van der Waals surface area contributed by atoms with Crippen LogP contribution >= 0.6 is 0 Å². The highest BCUT2D eigenvalue weighted by molar-refractivity contribution is 5.89. The molecule has 2 aromatic rings. The molecule has 0 aliphatic carbocycles. The second kappa shape index (κ2) is 3.19. The Morgan fingerprint density at radius 2 is 2.06 bits per heavy atom. The van der Waals surface area contributed by atoms with Crippen LogP contribution < -0.4 is 10.4 Å². The molecule has 0 saturated carbocycles. The van der Waals surface area contributed by atoms with Crippen LogP contribution in [-0.2, 0) is 0 Å². The minimum Gasteiger partial charge on any atom is -0.596 e. The van der Waals surface area contributed by atoms with Crippen LogP contribution in [-0.4, -0.2) is 25.4 Å². The number of hydrogen-bond acceptors (Lipinski definition) is 5. The lowest BCUT2D eigenvalue weighted by Gasteiger charge is -1.97. The van der Waals surface area contributed by atoms with Gasteiger partial charge in [0, 0.05) is 6.20 Å². The molecule has 0 fully saturated rings. The molecule has 84 valence electrons. The number of aliphatic hydroxyl groups is 3. The minimum atomic E-state index is -1.29. The van der Waals surface area contributed by atoms with Crippen LogP contribution in [0, 0.1) is 5.21 Å². The molecule has 0 aromatic carbocycles. The van der Waals surface area contributed by atoms with Crippen LogP contribution in [0.4, 0.5) is 0 Å². The van der Waals surface area contributed by atoms with Crippen molar-refractivity contribution >= 4 is 16.7 Å². The third-order valence-corrected chi connectivity index (χ3v) is 2.07. The van der Waals surface area contributed by atoms with Gasteiger partial charge in [-0.25, -0.2) is 0 Å². The number of fused-ring (bicyclic) bond motifs is 1. The van der Waals surface area contributed by atoms with E-state index in [0.29, 0.717) is 0 Å². The Labute approximate surface area is 87.3 Å². The van der Waals surface area contributed by atoms with Gasteiger partial charge < -0.3 is 25.5 Å². The standard InChI is InChI=1S/C8H7N3O5/c12-6(8(14)15)3-1-9-5-4(3)2-11(16)10-7(5)13/h1-2,9,12,14-15H,(H,10,13). The van der Waals surface area contributed by atoms with Crippen molar-refractivity contribution in [1.82, 2.24) is 10.1 Å². The molecular formula is C8H7N3O5. The monoisotopic (exact) mass is 225 g/mol. The molecule has 16 heavy (non-hydrogen) atoms. The van der Waals surface area contributed by atoms with Gasteiger partial charge in [0.05, 0.1) is 10.9 Å². The average Bonchev–Trinajstić information content (AvgIpc) is 2.60. The smallest absolute Gasteiger partial charge is 0.323 e. The summed E-state index contributed by atoms with van der Waals surface area (Å²) in [5.74, 6) is -2.12. The number of aromatic nitrogens is 3. The zero-order valence-electron chi connectivity index (χ0n) is 7.76. The summed E-state index contributed by atoms with van der Waals surface area (Å²) in [6, 6.07) is 0. The van der Waals surface area contributed by atoms with Crippen LogP contribution in [0.25, 0.3) is 16.7 Å². The summed E-state index contributed by atoms with van der Waals surface area (Å²) in [5.41, 5.74) is -0.676. The van der Waals surface area contributed by atoms with Gasteiger partial charge in [-0.05, 0) is 0 Å². The molecule has 0 aliphatic heterocycles. The fraction of sp³-hybridized carbons (Fsp3) is 0. The highest BCUT2D eigenvalue weighted by Crippen LogP contribution is 2.21. The molecule has 0 bridgehead atoms. The third-order valence-electron chi connectivity index (χ3n) is 2.07. The molecule has 0 aliphatic rings. The lowest BCUT2D eigenvalue weighted by atomic mass is 10.2. The van der Waals surface area contributed by atoms with Gasteiger partial charge in [0.1, 0.15) is 5.52 Å². The molecule has 0 radical (unpaired) electrons. The van der Waals surface area contributed by atoms with Crippen molar-refractivity contribution in [2.75, 3.05) is 0 Å². The first kappa shape index (κ1) is 9.90. The second-order valence-corrected chi connectivity index (χ2v) is 3.06. The number of nitrogens with zero attached hydrogens (tertiary/aromatic N) is 1. The molecular weight excluding hydrogens is 218 g/mol. The van der Waals surface area contributed by atoms with Crippen LogP contribution in [0.2, 0.25) is 0 Å². The van der Waals surface area contributed by atoms with E-state index in [0.717, 1.165) is 6.20 Å². The summed E-state index contributed by atoms with van der Waals surface area (Å²) in [5, 5.41) is 39.7. The topological polar surface area (TPSA) is 136 Å². The summed E-state index contributed by atoms with van der Waals surface area (Å²) in [4.78, 5) is 13.9. The molecule has 5 N–H and O–H groups in total. The van der Waals surface area contributed by atoms with Gasteiger partial charge >= 0.3 is 11.5 Å². The van der Waals surface area contributed by atoms with E-state index in [-0.39, 0.29) is 21.3 Å². The van der Waals surface area contributed by atoms with Crippen LogP contribution in [0.5, 0.6) is 0 Å². The Morgan fingerprint density at radius 3 is 2.69 bits per heavy atom. The molecule has 0 unspecified atom stereocenters.